The molecule has 0 atom stereocenters. The first-order valence-electron chi connectivity index (χ1n) is 6.79. The lowest BCUT2D eigenvalue weighted by Crippen LogP contribution is -2.39. The molecule has 0 unspecified atom stereocenters. The molecule has 0 aliphatic heterocycles. The van der Waals surface area contributed by atoms with Gasteiger partial charge in [0, 0.05) is 18.7 Å². The van der Waals surface area contributed by atoms with E-state index in [4.69, 9.17) is 0 Å². The summed E-state index contributed by atoms with van der Waals surface area (Å²) in [7, 11) is 0. The van der Waals surface area contributed by atoms with Crippen LogP contribution in [-0.2, 0) is 0 Å². The van der Waals surface area contributed by atoms with Crippen LogP contribution in [0.2, 0.25) is 0 Å². The Morgan fingerprint density at radius 2 is 2.10 bits per heavy atom. The first-order valence-corrected chi connectivity index (χ1v) is 6.79. The third-order valence-electron chi connectivity index (χ3n) is 3.76. The number of hydrogen-bond acceptors (Lipinski definition) is 3. The number of nitrogens with zero attached hydrogens (tertiary/aromatic N) is 2. The van der Waals surface area contributed by atoms with E-state index in [9.17, 15) is 19.3 Å². The highest BCUT2D eigenvalue weighted by Crippen LogP contribution is 2.26. The molecule has 0 bridgehead atoms. The van der Waals surface area contributed by atoms with Crippen molar-refractivity contribution in [2.75, 3.05) is 6.54 Å². The Labute approximate surface area is 116 Å². The molecule has 0 spiro atoms. The topological polar surface area (TPSA) is 63.5 Å². The predicted molar refractivity (Wildman–Crippen MR) is 72.0 cm³/mol. The first-order chi connectivity index (χ1) is 9.54. The van der Waals surface area contributed by atoms with E-state index in [-0.39, 0.29) is 23.2 Å². The van der Waals surface area contributed by atoms with E-state index >= 15 is 0 Å². The summed E-state index contributed by atoms with van der Waals surface area (Å²) in [4.78, 5) is 23.9. The Hall–Kier alpha value is -1.98. The molecule has 1 aromatic carbocycles. The molecule has 0 radical (unpaired) electrons. The number of non-ortho nitro benzene ring substituents is 1. The van der Waals surface area contributed by atoms with E-state index in [0.717, 1.165) is 31.7 Å². The van der Waals surface area contributed by atoms with Gasteiger partial charge in [0.2, 0.25) is 0 Å². The zero-order valence-corrected chi connectivity index (χ0v) is 11.3. The van der Waals surface area contributed by atoms with Gasteiger partial charge in [-0.05, 0) is 25.8 Å². The van der Waals surface area contributed by atoms with Crippen molar-refractivity contribution in [3.05, 3.63) is 39.7 Å². The summed E-state index contributed by atoms with van der Waals surface area (Å²) in [6.45, 7) is 2.37. The summed E-state index contributed by atoms with van der Waals surface area (Å²) in [5.41, 5.74) is -0.438. The minimum Gasteiger partial charge on any atom is -0.336 e. The van der Waals surface area contributed by atoms with Crippen LogP contribution >= 0.6 is 0 Å². The summed E-state index contributed by atoms with van der Waals surface area (Å²) in [6.07, 6.45) is 4.04. The van der Waals surface area contributed by atoms with Gasteiger partial charge in [-0.25, -0.2) is 4.39 Å². The monoisotopic (exact) mass is 280 g/mol. The van der Waals surface area contributed by atoms with Gasteiger partial charge in [0.25, 0.3) is 11.6 Å². The molecule has 1 aliphatic carbocycles. The lowest BCUT2D eigenvalue weighted by Gasteiger charge is -2.27. The van der Waals surface area contributed by atoms with Crippen molar-refractivity contribution in [3.63, 3.8) is 0 Å². The molecule has 2 rings (SSSR count). The Balaban J connectivity index is 2.25. The van der Waals surface area contributed by atoms with E-state index in [1.807, 2.05) is 6.92 Å². The number of nitro benzene ring substituents is 1. The quantitative estimate of drug-likeness (QED) is 0.628. The van der Waals surface area contributed by atoms with Crippen molar-refractivity contribution in [1.82, 2.24) is 4.90 Å². The van der Waals surface area contributed by atoms with Crippen molar-refractivity contribution in [2.24, 2.45) is 0 Å². The highest BCUT2D eigenvalue weighted by Gasteiger charge is 2.28. The molecule has 1 aliphatic rings. The van der Waals surface area contributed by atoms with Crippen LogP contribution in [0.4, 0.5) is 10.1 Å². The van der Waals surface area contributed by atoms with E-state index in [0.29, 0.717) is 6.54 Å². The number of carbonyl (C=O) groups excluding carboxylic acids is 1. The van der Waals surface area contributed by atoms with Gasteiger partial charge >= 0.3 is 0 Å². The van der Waals surface area contributed by atoms with Gasteiger partial charge in [-0.15, -0.1) is 0 Å². The Morgan fingerprint density at radius 1 is 1.45 bits per heavy atom. The van der Waals surface area contributed by atoms with Crippen LogP contribution in [0.5, 0.6) is 0 Å². The predicted octanol–water partition coefficient (Wildman–Crippen LogP) is 3.14. The fourth-order valence-corrected chi connectivity index (χ4v) is 2.73. The second kappa shape index (κ2) is 5.98. The Morgan fingerprint density at radius 3 is 2.60 bits per heavy atom. The molecule has 6 heteroatoms. The minimum absolute atomic E-state index is 0.0932. The Kier molecular flexibility index (Phi) is 4.32. The third kappa shape index (κ3) is 2.79. The first kappa shape index (κ1) is 14.4. The van der Waals surface area contributed by atoms with Crippen molar-refractivity contribution < 1.29 is 14.1 Å². The molecule has 1 amide bonds. The summed E-state index contributed by atoms with van der Waals surface area (Å²) < 4.78 is 13.9. The fourth-order valence-electron chi connectivity index (χ4n) is 2.73. The zero-order chi connectivity index (χ0) is 14.7. The number of benzene rings is 1. The van der Waals surface area contributed by atoms with Crippen LogP contribution < -0.4 is 0 Å². The summed E-state index contributed by atoms with van der Waals surface area (Å²) in [5, 5.41) is 10.6. The normalized spacial score (nSPS) is 15.3. The molecule has 0 heterocycles. The molecular formula is C14H17FN2O3. The summed E-state index contributed by atoms with van der Waals surface area (Å²) in [5.74, 6) is -1.22. The standard InChI is InChI=1S/C14H17FN2O3/c1-2-16(10-5-3-4-6-10)14(18)12-8-7-11(17(19)20)9-13(12)15/h7-10H,2-6H2,1H3. The van der Waals surface area contributed by atoms with Crippen molar-refractivity contribution in [3.8, 4) is 0 Å². The van der Waals surface area contributed by atoms with Crippen LogP contribution in [-0.4, -0.2) is 28.3 Å². The molecule has 0 N–H and O–H groups in total. The summed E-state index contributed by atoms with van der Waals surface area (Å²) >= 11 is 0. The molecular weight excluding hydrogens is 263 g/mol. The molecule has 0 saturated heterocycles. The second-order valence-corrected chi connectivity index (χ2v) is 4.95. The molecule has 1 saturated carbocycles. The SMILES string of the molecule is CCN(C(=O)c1ccc([N+](=O)[O-])cc1F)C1CCCC1. The highest BCUT2D eigenvalue weighted by molar-refractivity contribution is 5.95. The largest absolute Gasteiger partial charge is 0.336 e. The maximum absolute atomic E-state index is 13.9. The van der Waals surface area contributed by atoms with Crippen LogP contribution in [0.25, 0.3) is 0 Å². The van der Waals surface area contributed by atoms with Gasteiger partial charge in [0.15, 0.2) is 0 Å². The molecule has 0 aromatic heterocycles. The molecule has 1 aromatic rings. The highest BCUT2D eigenvalue weighted by atomic mass is 19.1. The summed E-state index contributed by atoms with van der Waals surface area (Å²) in [6, 6.07) is 3.32. The third-order valence-corrected chi connectivity index (χ3v) is 3.76. The molecule has 20 heavy (non-hydrogen) atoms. The van der Waals surface area contributed by atoms with Crippen LogP contribution in [0, 0.1) is 15.9 Å². The van der Waals surface area contributed by atoms with Crippen LogP contribution in [0.3, 0.4) is 0 Å². The zero-order valence-electron chi connectivity index (χ0n) is 11.3. The number of nitro groups is 1. The average molecular weight is 280 g/mol. The Bertz CT molecular complexity index is 527. The molecule has 5 nitrogen and oxygen atoms in total. The minimum atomic E-state index is -0.833. The van der Waals surface area contributed by atoms with Gasteiger partial charge in [0.1, 0.15) is 5.82 Å². The number of carbonyl (C=O) groups is 1. The number of hydrogen-bond donors (Lipinski definition) is 0. The van der Waals surface area contributed by atoms with Crippen molar-refractivity contribution in [2.45, 2.75) is 38.6 Å². The lowest BCUT2D eigenvalue weighted by atomic mass is 10.1. The van der Waals surface area contributed by atoms with Crippen molar-refractivity contribution in [1.29, 1.82) is 0 Å². The van der Waals surface area contributed by atoms with Gasteiger partial charge in [-0.1, -0.05) is 12.8 Å². The van der Waals surface area contributed by atoms with Crippen LogP contribution in [0.1, 0.15) is 43.0 Å². The van der Waals surface area contributed by atoms with Crippen molar-refractivity contribution >= 4 is 11.6 Å². The van der Waals surface area contributed by atoms with Gasteiger partial charge in [0.05, 0.1) is 16.6 Å². The van der Waals surface area contributed by atoms with Gasteiger partial charge < -0.3 is 4.90 Å². The van der Waals surface area contributed by atoms with E-state index in [1.54, 1.807) is 4.90 Å². The number of amides is 1. The smallest absolute Gasteiger partial charge is 0.272 e. The van der Waals surface area contributed by atoms with Crippen LogP contribution in [0.15, 0.2) is 18.2 Å². The molecule has 108 valence electrons. The van der Waals surface area contributed by atoms with E-state index in [1.165, 1.54) is 12.1 Å². The number of halogens is 1. The van der Waals surface area contributed by atoms with E-state index in [2.05, 4.69) is 0 Å². The molecule has 1 fully saturated rings. The van der Waals surface area contributed by atoms with E-state index < -0.39 is 10.7 Å². The second-order valence-electron chi connectivity index (χ2n) is 4.95. The van der Waals surface area contributed by atoms with Gasteiger partial charge in [-0.3, -0.25) is 14.9 Å². The van der Waals surface area contributed by atoms with Gasteiger partial charge in [-0.2, -0.15) is 0 Å². The lowest BCUT2D eigenvalue weighted by molar-refractivity contribution is -0.385. The fraction of sp³-hybridized carbons (Fsp3) is 0.500. The number of rotatable bonds is 4. The maximum Gasteiger partial charge on any atom is 0.272 e. The maximum atomic E-state index is 13.9. The average Bonchev–Trinajstić information content (AvgIpc) is 2.93.